The molecule has 0 bridgehead atoms. The molecule has 1 aromatic heterocycles. The first kappa shape index (κ1) is 13.7. The van der Waals surface area contributed by atoms with Crippen LogP contribution in [-0.4, -0.2) is 12.0 Å². The maximum Gasteiger partial charge on any atom is 0.0975 e. The average Bonchev–Trinajstić information content (AvgIpc) is 2.72. The van der Waals surface area contributed by atoms with E-state index in [-0.39, 0.29) is 0 Å². The number of nitrogens with zero attached hydrogens (tertiary/aromatic N) is 1. The Balaban J connectivity index is 2.23. The quantitative estimate of drug-likeness (QED) is 0.916. The number of thiazole rings is 1. The van der Waals surface area contributed by atoms with Gasteiger partial charge in [-0.15, -0.1) is 11.3 Å². The lowest BCUT2D eigenvalue weighted by molar-refractivity contribution is 0.658. The van der Waals surface area contributed by atoms with Crippen molar-refractivity contribution in [3.8, 4) is 0 Å². The number of rotatable bonds is 4. The zero-order chi connectivity index (χ0) is 13.1. The maximum atomic E-state index is 4.67. The van der Waals surface area contributed by atoms with Crippen LogP contribution in [0, 0.1) is 6.92 Å². The van der Waals surface area contributed by atoms with Gasteiger partial charge in [-0.05, 0) is 32.5 Å². The summed E-state index contributed by atoms with van der Waals surface area (Å²) in [6, 6.07) is 8.69. The van der Waals surface area contributed by atoms with Gasteiger partial charge in [-0.1, -0.05) is 34.1 Å². The van der Waals surface area contributed by atoms with Crippen LogP contribution in [0.25, 0.3) is 0 Å². The number of aromatic nitrogens is 1. The van der Waals surface area contributed by atoms with Gasteiger partial charge in [0.1, 0.15) is 0 Å². The predicted molar refractivity (Wildman–Crippen MR) is 81.3 cm³/mol. The Kier molecular flexibility index (Phi) is 4.54. The third-order valence-corrected chi connectivity index (χ3v) is 5.12. The highest BCUT2D eigenvalue weighted by molar-refractivity contribution is 9.10. The largest absolute Gasteiger partial charge is 0.312 e. The summed E-state index contributed by atoms with van der Waals surface area (Å²) in [5.74, 6) is 0. The van der Waals surface area contributed by atoms with E-state index in [0.29, 0.717) is 6.04 Å². The van der Waals surface area contributed by atoms with Crippen molar-refractivity contribution in [2.75, 3.05) is 7.05 Å². The van der Waals surface area contributed by atoms with Crippen molar-refractivity contribution in [1.82, 2.24) is 10.3 Å². The summed E-state index contributed by atoms with van der Waals surface area (Å²) < 4.78 is 1.15. The number of nitrogens with one attached hydrogen (secondary N) is 1. The van der Waals surface area contributed by atoms with Gasteiger partial charge in [0.05, 0.1) is 10.7 Å². The minimum atomic E-state index is 0.371. The van der Waals surface area contributed by atoms with Gasteiger partial charge < -0.3 is 5.32 Å². The minimum absolute atomic E-state index is 0.371. The van der Waals surface area contributed by atoms with Gasteiger partial charge in [-0.3, -0.25) is 0 Å². The molecule has 0 saturated carbocycles. The molecule has 0 aliphatic carbocycles. The second-order valence-electron chi connectivity index (χ2n) is 4.34. The summed E-state index contributed by atoms with van der Waals surface area (Å²) in [6.07, 6.45) is 0.892. The van der Waals surface area contributed by atoms with Crippen molar-refractivity contribution in [2.24, 2.45) is 0 Å². The van der Waals surface area contributed by atoms with Crippen LogP contribution in [0.2, 0.25) is 0 Å². The highest BCUT2D eigenvalue weighted by atomic mass is 79.9. The monoisotopic (exact) mass is 324 g/mol. The van der Waals surface area contributed by atoms with Crippen LogP contribution < -0.4 is 5.32 Å². The molecule has 1 unspecified atom stereocenters. The molecule has 0 saturated heterocycles. The Bertz CT molecular complexity index is 536. The molecule has 1 N–H and O–H groups in total. The molecule has 0 aliphatic rings. The third kappa shape index (κ3) is 2.99. The van der Waals surface area contributed by atoms with Crippen LogP contribution in [0.3, 0.4) is 0 Å². The van der Waals surface area contributed by atoms with Crippen LogP contribution in [0.15, 0.2) is 28.7 Å². The van der Waals surface area contributed by atoms with E-state index >= 15 is 0 Å². The first-order chi connectivity index (χ1) is 8.61. The summed E-state index contributed by atoms with van der Waals surface area (Å²) in [5.41, 5.74) is 2.43. The highest BCUT2D eigenvalue weighted by Crippen LogP contribution is 2.27. The second kappa shape index (κ2) is 5.95. The lowest BCUT2D eigenvalue weighted by Crippen LogP contribution is -2.11. The third-order valence-electron chi connectivity index (χ3n) is 3.00. The lowest BCUT2D eigenvalue weighted by Gasteiger charge is -2.07. The number of hydrogen-bond donors (Lipinski definition) is 1. The molecule has 0 spiro atoms. The van der Waals surface area contributed by atoms with Gasteiger partial charge in [0, 0.05) is 21.8 Å². The van der Waals surface area contributed by atoms with Gasteiger partial charge in [-0.25, -0.2) is 4.98 Å². The first-order valence-corrected chi connectivity index (χ1v) is 7.59. The van der Waals surface area contributed by atoms with Gasteiger partial charge in [0.15, 0.2) is 0 Å². The summed E-state index contributed by atoms with van der Waals surface area (Å²) in [7, 11) is 1.98. The molecular weight excluding hydrogens is 308 g/mol. The fraction of sp³-hybridized carbons (Fsp3) is 0.357. The van der Waals surface area contributed by atoms with Crippen molar-refractivity contribution in [1.29, 1.82) is 0 Å². The zero-order valence-corrected chi connectivity index (χ0v) is 13.2. The Hall–Kier alpha value is -0.710. The molecule has 1 atom stereocenters. The van der Waals surface area contributed by atoms with Crippen LogP contribution >= 0.6 is 27.3 Å². The molecule has 4 heteroatoms. The summed E-state index contributed by atoms with van der Waals surface area (Å²) in [5, 5.41) is 4.45. The molecule has 0 amide bonds. The summed E-state index contributed by atoms with van der Waals surface area (Å²) in [6.45, 7) is 4.26. The van der Waals surface area contributed by atoms with Crippen molar-refractivity contribution >= 4 is 27.3 Å². The Morgan fingerprint density at radius 3 is 2.78 bits per heavy atom. The Morgan fingerprint density at radius 2 is 2.11 bits per heavy atom. The van der Waals surface area contributed by atoms with Crippen LogP contribution in [0.5, 0.6) is 0 Å². The minimum Gasteiger partial charge on any atom is -0.312 e. The van der Waals surface area contributed by atoms with E-state index in [1.165, 1.54) is 15.4 Å². The van der Waals surface area contributed by atoms with E-state index in [1.54, 1.807) is 11.3 Å². The van der Waals surface area contributed by atoms with Gasteiger partial charge in [0.25, 0.3) is 0 Å². The fourth-order valence-corrected chi connectivity index (χ4v) is 3.46. The molecule has 1 aromatic carbocycles. The van der Waals surface area contributed by atoms with Gasteiger partial charge in [0.2, 0.25) is 0 Å². The molecule has 0 aliphatic heterocycles. The molecule has 0 radical (unpaired) electrons. The number of halogens is 1. The van der Waals surface area contributed by atoms with E-state index in [9.17, 15) is 0 Å². The summed E-state index contributed by atoms with van der Waals surface area (Å²) >= 11 is 5.39. The molecule has 96 valence electrons. The van der Waals surface area contributed by atoms with Crippen LogP contribution in [0.4, 0.5) is 0 Å². The molecule has 2 nitrogen and oxygen atoms in total. The predicted octanol–water partition coefficient (Wildman–Crippen LogP) is 4.09. The molecule has 18 heavy (non-hydrogen) atoms. The number of benzene rings is 1. The smallest absolute Gasteiger partial charge is 0.0975 e. The SMILES string of the molecule is CNC(C)c1sc(Cc2ccccc2Br)nc1C. The highest BCUT2D eigenvalue weighted by Gasteiger charge is 2.13. The molecule has 1 heterocycles. The Labute approximate surface area is 121 Å². The molecule has 2 rings (SSSR count). The molecule has 2 aromatic rings. The van der Waals surface area contributed by atoms with Crippen LogP contribution in [-0.2, 0) is 6.42 Å². The standard InChI is InChI=1S/C14H17BrN2S/c1-9(16-3)14-10(2)17-13(18-14)8-11-6-4-5-7-12(11)15/h4-7,9,16H,8H2,1-3H3. The average molecular weight is 325 g/mol. The normalized spacial score (nSPS) is 12.7. The van der Waals surface area contributed by atoms with Crippen molar-refractivity contribution in [3.05, 3.63) is 49.9 Å². The van der Waals surface area contributed by atoms with Crippen molar-refractivity contribution in [2.45, 2.75) is 26.3 Å². The molecular formula is C14H17BrN2S. The van der Waals surface area contributed by atoms with E-state index in [0.717, 1.165) is 16.6 Å². The van der Waals surface area contributed by atoms with E-state index in [4.69, 9.17) is 0 Å². The van der Waals surface area contributed by atoms with Crippen LogP contribution in [0.1, 0.15) is 34.1 Å². The maximum absolute atomic E-state index is 4.67. The fourth-order valence-electron chi connectivity index (χ4n) is 1.88. The van der Waals surface area contributed by atoms with Crippen molar-refractivity contribution in [3.63, 3.8) is 0 Å². The van der Waals surface area contributed by atoms with E-state index < -0.39 is 0 Å². The van der Waals surface area contributed by atoms with E-state index in [2.05, 4.69) is 58.3 Å². The number of aryl methyl sites for hydroxylation is 1. The molecule has 0 fully saturated rings. The van der Waals surface area contributed by atoms with E-state index in [1.807, 2.05) is 13.1 Å². The van der Waals surface area contributed by atoms with Crippen molar-refractivity contribution < 1.29 is 0 Å². The zero-order valence-electron chi connectivity index (χ0n) is 10.8. The summed E-state index contributed by atoms with van der Waals surface area (Å²) in [4.78, 5) is 6.01. The topological polar surface area (TPSA) is 24.9 Å². The number of hydrogen-bond acceptors (Lipinski definition) is 3. The van der Waals surface area contributed by atoms with Gasteiger partial charge in [-0.2, -0.15) is 0 Å². The second-order valence-corrected chi connectivity index (χ2v) is 6.31. The Morgan fingerprint density at radius 1 is 1.39 bits per heavy atom. The first-order valence-electron chi connectivity index (χ1n) is 5.98. The lowest BCUT2D eigenvalue weighted by atomic mass is 10.2. The van der Waals surface area contributed by atoms with Gasteiger partial charge >= 0.3 is 0 Å².